The van der Waals surface area contributed by atoms with E-state index in [1.165, 1.54) is 32.1 Å². The predicted molar refractivity (Wildman–Crippen MR) is 75.1 cm³/mol. The lowest BCUT2D eigenvalue weighted by Gasteiger charge is -2.17. The van der Waals surface area contributed by atoms with Gasteiger partial charge in [0.25, 0.3) is 0 Å². The summed E-state index contributed by atoms with van der Waals surface area (Å²) in [6.07, 6.45) is 6.73. The monoisotopic (exact) mass is 250 g/mol. The van der Waals surface area contributed by atoms with Crippen molar-refractivity contribution < 1.29 is 0 Å². The second-order valence-corrected chi connectivity index (χ2v) is 5.74. The quantitative estimate of drug-likeness (QED) is 0.590. The summed E-state index contributed by atoms with van der Waals surface area (Å²) in [5, 5.41) is 0. The first-order valence-corrected chi connectivity index (χ1v) is 7.54. The average molecular weight is 250 g/mol. The minimum Gasteiger partial charge on any atom is -0.179 e. The molecule has 1 aliphatic carbocycles. The van der Waals surface area contributed by atoms with Crippen LogP contribution >= 0.6 is 37.9 Å². The van der Waals surface area contributed by atoms with E-state index in [2.05, 4.69) is 37.9 Å². The van der Waals surface area contributed by atoms with E-state index in [1.54, 1.807) is 0 Å². The lowest BCUT2D eigenvalue weighted by Crippen LogP contribution is -2.08. The largest absolute Gasteiger partial charge is 0.179 e. The maximum atomic E-state index is 4.35. The van der Waals surface area contributed by atoms with Gasteiger partial charge in [-0.05, 0) is 67.1 Å². The molecule has 0 aliphatic heterocycles. The Hall–Kier alpha value is 1.05. The Bertz CT molecular complexity index is 135. The molecule has 0 nitrogen and oxygen atoms in total. The first-order valence-electron chi connectivity index (χ1n) is 5.64. The van der Waals surface area contributed by atoms with Gasteiger partial charge in [0, 0.05) is 0 Å². The van der Waals surface area contributed by atoms with E-state index in [9.17, 15) is 0 Å². The van der Waals surface area contributed by atoms with Gasteiger partial charge in [-0.3, -0.25) is 0 Å². The summed E-state index contributed by atoms with van der Waals surface area (Å²) in [5.74, 6) is 5.91. The molecule has 0 bridgehead atoms. The third-order valence-corrected chi connectivity index (χ3v) is 4.25. The Balaban J connectivity index is 2.38. The molecule has 0 saturated heterocycles. The van der Waals surface area contributed by atoms with Crippen LogP contribution in [0.4, 0.5) is 0 Å². The lowest BCUT2D eigenvalue weighted by atomic mass is 9.91. The molecule has 0 radical (unpaired) electrons. The van der Waals surface area contributed by atoms with Gasteiger partial charge in [0.1, 0.15) is 0 Å². The first kappa shape index (κ1) is 13.1. The van der Waals surface area contributed by atoms with Crippen molar-refractivity contribution in [2.24, 2.45) is 17.8 Å². The summed E-state index contributed by atoms with van der Waals surface area (Å²) in [5.41, 5.74) is 0. The van der Waals surface area contributed by atoms with Crippen LogP contribution < -0.4 is 0 Å². The summed E-state index contributed by atoms with van der Waals surface area (Å²) in [6.45, 7) is 0. The van der Waals surface area contributed by atoms with Crippen LogP contribution in [0.2, 0.25) is 0 Å². The maximum absolute atomic E-state index is 4.35. The number of hydrogen-bond acceptors (Lipinski definition) is 3. The Morgan fingerprint density at radius 2 is 1.14 bits per heavy atom. The third-order valence-electron chi connectivity index (χ3n) is 3.48. The highest BCUT2D eigenvalue weighted by Crippen LogP contribution is 2.42. The highest BCUT2D eigenvalue weighted by atomic mass is 32.1. The fourth-order valence-electron chi connectivity index (χ4n) is 2.79. The van der Waals surface area contributed by atoms with Crippen LogP contribution in [0.1, 0.15) is 32.1 Å². The zero-order valence-electron chi connectivity index (χ0n) is 8.73. The van der Waals surface area contributed by atoms with Crippen molar-refractivity contribution in [2.75, 3.05) is 17.3 Å². The molecule has 0 aromatic carbocycles. The standard InChI is InChI=1S/C11H22S3/c12-4-1-9-7-10(2-5-13)11(8-9)3-6-14/h9-14H,1-8H2. The van der Waals surface area contributed by atoms with Crippen LogP contribution in [0.3, 0.4) is 0 Å². The average Bonchev–Trinajstić information content (AvgIpc) is 2.50. The van der Waals surface area contributed by atoms with Crippen LogP contribution in [-0.2, 0) is 0 Å². The second kappa shape index (κ2) is 7.34. The van der Waals surface area contributed by atoms with Gasteiger partial charge in [0.2, 0.25) is 0 Å². The van der Waals surface area contributed by atoms with Gasteiger partial charge in [-0.2, -0.15) is 37.9 Å². The topological polar surface area (TPSA) is 0 Å². The summed E-state index contributed by atoms with van der Waals surface area (Å²) in [7, 11) is 0. The van der Waals surface area contributed by atoms with E-state index in [0.29, 0.717) is 0 Å². The van der Waals surface area contributed by atoms with Crippen LogP contribution in [0.5, 0.6) is 0 Å². The summed E-state index contributed by atoms with van der Waals surface area (Å²) in [6, 6.07) is 0. The zero-order chi connectivity index (χ0) is 10.4. The lowest BCUT2D eigenvalue weighted by molar-refractivity contribution is 0.372. The normalized spacial score (nSPS) is 32.4. The van der Waals surface area contributed by atoms with Crippen molar-refractivity contribution in [1.82, 2.24) is 0 Å². The molecule has 0 heterocycles. The van der Waals surface area contributed by atoms with Crippen LogP contribution in [0.15, 0.2) is 0 Å². The number of hydrogen-bond donors (Lipinski definition) is 3. The van der Waals surface area contributed by atoms with Gasteiger partial charge >= 0.3 is 0 Å². The minimum atomic E-state index is 0.921. The van der Waals surface area contributed by atoms with E-state index in [4.69, 9.17) is 0 Å². The Morgan fingerprint density at radius 3 is 1.50 bits per heavy atom. The van der Waals surface area contributed by atoms with Gasteiger partial charge in [-0.25, -0.2) is 0 Å². The summed E-state index contributed by atoms with van der Waals surface area (Å²) >= 11 is 13.0. The van der Waals surface area contributed by atoms with Gasteiger partial charge in [-0.15, -0.1) is 0 Å². The second-order valence-electron chi connectivity index (χ2n) is 4.39. The smallest absolute Gasteiger partial charge is 0.00952 e. The molecule has 0 amide bonds. The van der Waals surface area contributed by atoms with Crippen molar-refractivity contribution in [2.45, 2.75) is 32.1 Å². The van der Waals surface area contributed by atoms with Gasteiger partial charge in [0.05, 0.1) is 0 Å². The van der Waals surface area contributed by atoms with Crippen molar-refractivity contribution in [3.8, 4) is 0 Å². The summed E-state index contributed by atoms with van der Waals surface area (Å²) in [4.78, 5) is 0. The zero-order valence-corrected chi connectivity index (χ0v) is 11.4. The van der Waals surface area contributed by atoms with Gasteiger partial charge in [0.15, 0.2) is 0 Å². The van der Waals surface area contributed by atoms with E-state index < -0.39 is 0 Å². The van der Waals surface area contributed by atoms with Crippen LogP contribution in [0.25, 0.3) is 0 Å². The Morgan fingerprint density at radius 1 is 0.714 bits per heavy atom. The van der Waals surface area contributed by atoms with E-state index in [1.807, 2.05) is 0 Å². The fraction of sp³-hybridized carbons (Fsp3) is 1.00. The molecule has 0 spiro atoms. The third kappa shape index (κ3) is 3.90. The molecule has 0 N–H and O–H groups in total. The van der Waals surface area contributed by atoms with E-state index in [0.717, 1.165) is 35.0 Å². The Kier molecular flexibility index (Phi) is 6.88. The first-order chi connectivity index (χ1) is 6.81. The van der Waals surface area contributed by atoms with Gasteiger partial charge in [-0.1, -0.05) is 0 Å². The Labute approximate surface area is 105 Å². The molecular weight excluding hydrogens is 228 g/mol. The molecule has 14 heavy (non-hydrogen) atoms. The summed E-state index contributed by atoms with van der Waals surface area (Å²) < 4.78 is 0. The molecular formula is C11H22S3. The van der Waals surface area contributed by atoms with Gasteiger partial charge < -0.3 is 0 Å². The molecule has 0 aromatic rings. The highest BCUT2D eigenvalue weighted by Gasteiger charge is 2.32. The van der Waals surface area contributed by atoms with Crippen molar-refractivity contribution in [1.29, 1.82) is 0 Å². The molecule has 2 atom stereocenters. The van der Waals surface area contributed by atoms with Crippen molar-refractivity contribution >= 4 is 37.9 Å². The number of rotatable bonds is 6. The highest BCUT2D eigenvalue weighted by molar-refractivity contribution is 7.80. The fourth-order valence-corrected chi connectivity index (χ4v) is 3.82. The predicted octanol–water partition coefficient (Wildman–Crippen LogP) is 3.59. The molecule has 2 unspecified atom stereocenters. The molecule has 84 valence electrons. The minimum absolute atomic E-state index is 0.921. The number of thiol groups is 3. The van der Waals surface area contributed by atoms with Crippen molar-refractivity contribution in [3.05, 3.63) is 0 Å². The maximum Gasteiger partial charge on any atom is -0.00952 e. The molecule has 3 heteroatoms. The molecule has 0 aromatic heterocycles. The van der Waals surface area contributed by atoms with E-state index in [-0.39, 0.29) is 0 Å². The molecule has 1 fully saturated rings. The molecule has 1 aliphatic rings. The SMILES string of the molecule is SCCC1CC(CCS)C(CCS)C1. The van der Waals surface area contributed by atoms with Crippen LogP contribution in [-0.4, -0.2) is 17.3 Å². The molecule has 1 rings (SSSR count). The van der Waals surface area contributed by atoms with E-state index >= 15 is 0 Å². The van der Waals surface area contributed by atoms with Crippen LogP contribution in [0, 0.1) is 17.8 Å². The molecule has 1 saturated carbocycles. The van der Waals surface area contributed by atoms with Crippen molar-refractivity contribution in [3.63, 3.8) is 0 Å².